The van der Waals surface area contributed by atoms with Gasteiger partial charge >= 0.3 is 0 Å². The number of likely N-dealkylation sites (tertiary alicyclic amines) is 1. The third-order valence-electron chi connectivity index (χ3n) is 7.40. The van der Waals surface area contributed by atoms with Crippen LogP contribution in [0.15, 0.2) is 54.7 Å². The molecule has 0 unspecified atom stereocenters. The highest BCUT2D eigenvalue weighted by molar-refractivity contribution is 5.84. The number of methoxy groups -OCH3 is 1. The number of rotatable bonds is 10. The van der Waals surface area contributed by atoms with Gasteiger partial charge in [0.1, 0.15) is 11.6 Å². The van der Waals surface area contributed by atoms with E-state index in [4.69, 9.17) is 4.74 Å². The van der Waals surface area contributed by atoms with Crippen LogP contribution in [-0.2, 0) is 17.6 Å². The van der Waals surface area contributed by atoms with Gasteiger partial charge in [-0.3, -0.25) is 15.0 Å². The third-order valence-corrected chi connectivity index (χ3v) is 7.40. The van der Waals surface area contributed by atoms with Crippen LogP contribution >= 0.6 is 0 Å². The Labute approximate surface area is 206 Å². The lowest BCUT2D eigenvalue weighted by Gasteiger charge is -2.40. The third kappa shape index (κ3) is 5.97. The first-order chi connectivity index (χ1) is 17.0. The molecule has 1 aliphatic heterocycles. The summed E-state index contributed by atoms with van der Waals surface area (Å²) in [5.41, 5.74) is 3.91. The van der Waals surface area contributed by atoms with Gasteiger partial charge in [0.25, 0.3) is 0 Å². The van der Waals surface area contributed by atoms with E-state index in [1.807, 2.05) is 29.7 Å². The number of carbonyl (C=O) groups is 1. The number of carbonyl (C=O) groups excluding carboxylic acids is 1. The molecular weight excluding hydrogens is 445 g/mol. The molecule has 0 saturated carbocycles. The molecule has 1 fully saturated rings. The van der Waals surface area contributed by atoms with Gasteiger partial charge < -0.3 is 9.64 Å². The van der Waals surface area contributed by atoms with E-state index in [-0.39, 0.29) is 11.7 Å². The first-order valence-corrected chi connectivity index (χ1v) is 12.4. The molecule has 2 heterocycles. The number of hydrogen-bond donors (Lipinski definition) is 2. The van der Waals surface area contributed by atoms with Crippen LogP contribution in [0.5, 0.6) is 5.75 Å². The van der Waals surface area contributed by atoms with E-state index < -0.39 is 5.41 Å². The van der Waals surface area contributed by atoms with Gasteiger partial charge in [0.15, 0.2) is 0 Å². The summed E-state index contributed by atoms with van der Waals surface area (Å²) in [7, 11) is 1.58. The Bertz CT molecular complexity index is 1130. The molecule has 1 aromatic heterocycles. The van der Waals surface area contributed by atoms with Crippen molar-refractivity contribution < 1.29 is 19.1 Å². The fraction of sp³-hybridized carbons (Fsp3) is 0.429. The number of hydroxylamine groups is 1. The van der Waals surface area contributed by atoms with E-state index in [2.05, 4.69) is 34.1 Å². The van der Waals surface area contributed by atoms with Crippen molar-refractivity contribution in [2.24, 2.45) is 5.41 Å². The molecule has 35 heavy (non-hydrogen) atoms. The fourth-order valence-electron chi connectivity index (χ4n) is 5.25. The second-order valence-electron chi connectivity index (χ2n) is 9.47. The molecule has 2 N–H and O–H groups in total. The van der Waals surface area contributed by atoms with Crippen LogP contribution in [-0.4, -0.2) is 47.7 Å². The molecule has 0 aliphatic carbocycles. The molecular formula is C28H34FN3O3. The zero-order valence-corrected chi connectivity index (χ0v) is 20.3. The summed E-state index contributed by atoms with van der Waals surface area (Å²) in [5.74, 6) is -0.0234. The number of nitrogens with one attached hydrogen (secondary N) is 1. The van der Waals surface area contributed by atoms with E-state index in [0.717, 1.165) is 37.9 Å². The largest absolute Gasteiger partial charge is 0.497 e. The number of fused-ring (bicyclic) bond motifs is 1. The van der Waals surface area contributed by atoms with E-state index in [0.29, 0.717) is 48.9 Å². The predicted molar refractivity (Wildman–Crippen MR) is 134 cm³/mol. The maximum absolute atomic E-state index is 14.7. The fourth-order valence-corrected chi connectivity index (χ4v) is 5.25. The number of aryl methyl sites for hydroxylation is 2. The molecule has 0 radical (unpaired) electrons. The lowest BCUT2D eigenvalue weighted by atomic mass is 9.73. The smallest absolute Gasteiger partial charge is 0.249 e. The Morgan fingerprint density at radius 3 is 2.63 bits per heavy atom. The molecule has 2 aromatic carbocycles. The normalized spacial score (nSPS) is 15.7. The highest BCUT2D eigenvalue weighted by Crippen LogP contribution is 2.37. The van der Waals surface area contributed by atoms with Gasteiger partial charge in [-0.2, -0.15) is 0 Å². The van der Waals surface area contributed by atoms with Crippen LogP contribution in [0.4, 0.5) is 4.39 Å². The number of aromatic nitrogens is 1. The summed E-state index contributed by atoms with van der Waals surface area (Å²) in [6, 6.07) is 15.9. The van der Waals surface area contributed by atoms with Gasteiger partial charge in [-0.1, -0.05) is 30.3 Å². The lowest BCUT2D eigenvalue weighted by Crippen LogP contribution is -2.48. The van der Waals surface area contributed by atoms with Gasteiger partial charge in [0.05, 0.1) is 24.2 Å². The molecule has 6 nitrogen and oxygen atoms in total. The summed E-state index contributed by atoms with van der Waals surface area (Å²) in [6.45, 7) is 2.61. The first kappa shape index (κ1) is 25.1. The zero-order valence-electron chi connectivity index (χ0n) is 20.3. The van der Waals surface area contributed by atoms with Crippen molar-refractivity contribution in [2.45, 2.75) is 44.9 Å². The van der Waals surface area contributed by atoms with Gasteiger partial charge in [0.2, 0.25) is 5.91 Å². The predicted octanol–water partition coefficient (Wildman–Crippen LogP) is 4.93. The number of hydrogen-bond acceptors (Lipinski definition) is 5. The Kier molecular flexibility index (Phi) is 8.31. The topological polar surface area (TPSA) is 74.7 Å². The molecule has 0 spiro atoms. The van der Waals surface area contributed by atoms with Crippen LogP contribution in [0.25, 0.3) is 10.9 Å². The minimum Gasteiger partial charge on any atom is -0.497 e. The summed E-state index contributed by atoms with van der Waals surface area (Å²) >= 11 is 0. The van der Waals surface area contributed by atoms with Crippen LogP contribution < -0.4 is 10.2 Å². The molecule has 0 atom stereocenters. The van der Waals surface area contributed by atoms with Crippen LogP contribution in [0.1, 0.15) is 43.2 Å². The number of piperidine rings is 1. The Morgan fingerprint density at radius 1 is 1.14 bits per heavy atom. The van der Waals surface area contributed by atoms with E-state index >= 15 is 0 Å². The van der Waals surface area contributed by atoms with E-state index in [1.54, 1.807) is 7.11 Å². The zero-order chi connectivity index (χ0) is 24.7. The lowest BCUT2D eigenvalue weighted by molar-refractivity contribution is -0.143. The minimum atomic E-state index is -0.637. The number of halogens is 1. The van der Waals surface area contributed by atoms with Crippen molar-refractivity contribution in [1.82, 2.24) is 15.4 Å². The van der Waals surface area contributed by atoms with Crippen LogP contribution in [0, 0.1) is 11.2 Å². The number of nitrogens with zero attached hydrogens (tertiary/aromatic N) is 2. The van der Waals surface area contributed by atoms with Gasteiger partial charge in [-0.05, 0) is 93.9 Å². The summed E-state index contributed by atoms with van der Waals surface area (Å²) in [6.07, 6.45) is 6.43. The maximum atomic E-state index is 14.7. The minimum absolute atomic E-state index is 0.330. The summed E-state index contributed by atoms with van der Waals surface area (Å²) < 4.78 is 20.0. The standard InChI is InChI=1S/C28H34FN3O3/c1-35-22-11-12-26-24(19-22)23(25(29)20-30-26)10-5-13-28(27(33)31-34)14-17-32(18-15-28)16-6-9-21-7-3-2-4-8-21/h2-4,7-8,11-12,19-20,34H,5-6,9-10,13-18H2,1H3,(H,31,33). The average Bonchev–Trinajstić information content (AvgIpc) is 2.90. The maximum Gasteiger partial charge on any atom is 0.249 e. The molecule has 0 bridgehead atoms. The highest BCUT2D eigenvalue weighted by Gasteiger charge is 2.40. The van der Waals surface area contributed by atoms with Crippen LogP contribution in [0.2, 0.25) is 0 Å². The van der Waals surface area contributed by atoms with Crippen molar-refractivity contribution in [3.63, 3.8) is 0 Å². The Balaban J connectivity index is 1.36. The Hall–Kier alpha value is -3.03. The molecule has 1 aliphatic rings. The molecule has 3 aromatic rings. The summed E-state index contributed by atoms with van der Waals surface area (Å²) in [4.78, 5) is 19.3. The SMILES string of the molecule is COc1ccc2ncc(F)c(CCCC3(C(=O)NO)CCN(CCCc4ccccc4)CC3)c2c1. The van der Waals surface area contributed by atoms with Crippen molar-refractivity contribution in [2.75, 3.05) is 26.7 Å². The van der Waals surface area contributed by atoms with Crippen molar-refractivity contribution in [3.8, 4) is 5.75 Å². The van der Waals surface area contributed by atoms with Crippen molar-refractivity contribution in [1.29, 1.82) is 0 Å². The molecule has 186 valence electrons. The van der Waals surface area contributed by atoms with E-state index in [1.165, 1.54) is 11.8 Å². The molecule has 4 rings (SSSR count). The second kappa shape index (κ2) is 11.6. The Morgan fingerprint density at radius 2 is 1.91 bits per heavy atom. The van der Waals surface area contributed by atoms with Gasteiger partial charge in [0, 0.05) is 5.39 Å². The molecule has 7 heteroatoms. The second-order valence-corrected chi connectivity index (χ2v) is 9.47. The quantitative estimate of drug-likeness (QED) is 0.319. The van der Waals surface area contributed by atoms with Crippen molar-refractivity contribution >= 4 is 16.8 Å². The molecule has 1 saturated heterocycles. The number of benzene rings is 2. The number of amides is 1. The van der Waals surface area contributed by atoms with E-state index in [9.17, 15) is 14.4 Å². The first-order valence-electron chi connectivity index (χ1n) is 12.4. The summed E-state index contributed by atoms with van der Waals surface area (Å²) in [5, 5.41) is 10.2. The highest BCUT2D eigenvalue weighted by atomic mass is 19.1. The van der Waals surface area contributed by atoms with Crippen molar-refractivity contribution in [3.05, 3.63) is 71.7 Å². The van der Waals surface area contributed by atoms with Crippen LogP contribution in [0.3, 0.4) is 0 Å². The average molecular weight is 480 g/mol. The monoisotopic (exact) mass is 479 g/mol. The number of ether oxygens (including phenoxy) is 1. The van der Waals surface area contributed by atoms with Gasteiger partial charge in [-0.15, -0.1) is 0 Å². The van der Waals surface area contributed by atoms with Gasteiger partial charge in [-0.25, -0.2) is 9.87 Å². The molecule has 1 amide bonds. The number of pyridine rings is 1.